The van der Waals surface area contributed by atoms with E-state index in [2.05, 4.69) is 5.32 Å². The first-order valence-electron chi connectivity index (χ1n) is 9.26. The van der Waals surface area contributed by atoms with Crippen molar-refractivity contribution >= 4 is 17.6 Å². The van der Waals surface area contributed by atoms with Gasteiger partial charge >= 0.3 is 5.97 Å². The van der Waals surface area contributed by atoms with Crippen molar-refractivity contribution in [1.82, 2.24) is 0 Å². The van der Waals surface area contributed by atoms with Gasteiger partial charge in [-0.1, -0.05) is 54.6 Å². The van der Waals surface area contributed by atoms with Gasteiger partial charge in [-0.2, -0.15) is 0 Å². The minimum absolute atomic E-state index is 0.425. The molecule has 3 rings (SSSR count). The fourth-order valence-electron chi connectivity index (χ4n) is 2.99. The molecule has 0 aliphatic heterocycles. The summed E-state index contributed by atoms with van der Waals surface area (Å²) in [5.74, 6) is -0.480. The SMILES string of the molecule is COc1ccc(C)cc1NC(=O)[C@@H](OC(=O)c1ccccc1C)c1ccccc1. The number of ether oxygens (including phenoxy) is 2. The van der Waals surface area contributed by atoms with Gasteiger partial charge in [-0.05, 0) is 43.2 Å². The normalized spacial score (nSPS) is 11.4. The van der Waals surface area contributed by atoms with Gasteiger partial charge in [0.15, 0.2) is 0 Å². The Bertz CT molecular complexity index is 1010. The molecule has 0 aliphatic carbocycles. The van der Waals surface area contributed by atoms with Gasteiger partial charge in [-0.3, -0.25) is 4.79 Å². The predicted octanol–water partition coefficient (Wildman–Crippen LogP) is 4.85. The van der Waals surface area contributed by atoms with E-state index < -0.39 is 18.0 Å². The van der Waals surface area contributed by atoms with Crippen LogP contribution in [0.15, 0.2) is 72.8 Å². The summed E-state index contributed by atoms with van der Waals surface area (Å²) in [6.45, 7) is 3.74. The number of esters is 1. The van der Waals surface area contributed by atoms with Gasteiger partial charge in [-0.25, -0.2) is 4.79 Å². The molecule has 0 spiro atoms. The number of carbonyl (C=O) groups is 2. The van der Waals surface area contributed by atoms with Gasteiger partial charge in [-0.15, -0.1) is 0 Å². The highest BCUT2D eigenvalue weighted by Gasteiger charge is 2.27. The van der Waals surface area contributed by atoms with Crippen LogP contribution in [0.5, 0.6) is 5.75 Å². The quantitative estimate of drug-likeness (QED) is 0.612. The lowest BCUT2D eigenvalue weighted by Gasteiger charge is -2.19. The van der Waals surface area contributed by atoms with E-state index in [1.807, 2.05) is 44.2 Å². The number of rotatable bonds is 6. The molecule has 148 valence electrons. The molecule has 29 heavy (non-hydrogen) atoms. The van der Waals surface area contributed by atoms with Crippen LogP contribution in [-0.2, 0) is 9.53 Å². The van der Waals surface area contributed by atoms with Crippen LogP contribution in [0.2, 0.25) is 0 Å². The van der Waals surface area contributed by atoms with Crippen molar-refractivity contribution in [3.05, 3.63) is 95.1 Å². The minimum Gasteiger partial charge on any atom is -0.495 e. The summed E-state index contributed by atoms with van der Waals surface area (Å²) in [5, 5.41) is 2.83. The molecule has 0 heterocycles. The van der Waals surface area contributed by atoms with Gasteiger partial charge in [0.25, 0.3) is 5.91 Å². The molecule has 3 aromatic rings. The van der Waals surface area contributed by atoms with Gasteiger partial charge in [0.1, 0.15) is 5.75 Å². The van der Waals surface area contributed by atoms with Crippen LogP contribution in [0.1, 0.15) is 33.2 Å². The highest BCUT2D eigenvalue weighted by atomic mass is 16.5. The molecule has 3 aromatic carbocycles. The molecule has 0 aromatic heterocycles. The topological polar surface area (TPSA) is 64.6 Å². The number of aryl methyl sites for hydroxylation is 2. The molecule has 1 atom stereocenters. The average molecular weight is 389 g/mol. The zero-order chi connectivity index (χ0) is 20.8. The lowest BCUT2D eigenvalue weighted by atomic mass is 10.1. The van der Waals surface area contributed by atoms with E-state index >= 15 is 0 Å². The van der Waals surface area contributed by atoms with E-state index in [1.165, 1.54) is 7.11 Å². The third kappa shape index (κ3) is 4.82. The highest BCUT2D eigenvalue weighted by molar-refractivity contribution is 5.99. The Balaban J connectivity index is 1.90. The Morgan fingerprint density at radius 2 is 1.59 bits per heavy atom. The molecule has 0 unspecified atom stereocenters. The summed E-state index contributed by atoms with van der Waals surface area (Å²) in [6, 6.07) is 21.5. The number of methoxy groups -OCH3 is 1. The third-order valence-electron chi connectivity index (χ3n) is 4.54. The van der Waals surface area contributed by atoms with Crippen molar-refractivity contribution in [1.29, 1.82) is 0 Å². The highest BCUT2D eigenvalue weighted by Crippen LogP contribution is 2.28. The van der Waals surface area contributed by atoms with E-state index in [0.29, 0.717) is 22.6 Å². The summed E-state index contributed by atoms with van der Waals surface area (Å²) in [4.78, 5) is 25.9. The first kappa shape index (κ1) is 20.1. The van der Waals surface area contributed by atoms with Crippen LogP contribution in [0.3, 0.4) is 0 Å². The Morgan fingerprint density at radius 3 is 2.28 bits per heavy atom. The molecule has 0 bridgehead atoms. The van der Waals surface area contributed by atoms with E-state index in [-0.39, 0.29) is 0 Å². The second-order valence-corrected chi connectivity index (χ2v) is 6.70. The van der Waals surface area contributed by atoms with E-state index in [1.54, 1.807) is 42.5 Å². The molecule has 5 nitrogen and oxygen atoms in total. The monoisotopic (exact) mass is 389 g/mol. The van der Waals surface area contributed by atoms with Crippen LogP contribution >= 0.6 is 0 Å². The number of benzene rings is 3. The number of hydrogen-bond acceptors (Lipinski definition) is 4. The maximum atomic E-state index is 13.1. The van der Waals surface area contributed by atoms with Crippen LogP contribution in [0.4, 0.5) is 5.69 Å². The number of nitrogens with one attached hydrogen (secondary N) is 1. The van der Waals surface area contributed by atoms with Crippen molar-refractivity contribution in [2.45, 2.75) is 20.0 Å². The average Bonchev–Trinajstić information content (AvgIpc) is 2.73. The molecule has 1 amide bonds. The minimum atomic E-state index is -1.10. The van der Waals surface area contributed by atoms with Crippen LogP contribution in [0, 0.1) is 13.8 Å². The Kier molecular flexibility index (Phi) is 6.29. The zero-order valence-corrected chi connectivity index (χ0v) is 16.6. The zero-order valence-electron chi connectivity index (χ0n) is 16.6. The van der Waals surface area contributed by atoms with Crippen molar-refractivity contribution in [2.75, 3.05) is 12.4 Å². The molecule has 0 radical (unpaired) electrons. The fraction of sp³-hybridized carbons (Fsp3) is 0.167. The first-order chi connectivity index (χ1) is 14.0. The van der Waals surface area contributed by atoms with E-state index in [0.717, 1.165) is 11.1 Å². The van der Waals surface area contributed by atoms with Gasteiger partial charge in [0.05, 0.1) is 18.4 Å². The molecule has 0 saturated carbocycles. The lowest BCUT2D eigenvalue weighted by Crippen LogP contribution is -2.26. The maximum Gasteiger partial charge on any atom is 0.339 e. The molecular formula is C24H23NO4. The fourth-order valence-corrected chi connectivity index (χ4v) is 2.99. The number of hydrogen-bond donors (Lipinski definition) is 1. The van der Waals surface area contributed by atoms with Gasteiger partial charge in [0.2, 0.25) is 6.10 Å². The lowest BCUT2D eigenvalue weighted by molar-refractivity contribution is -0.125. The summed E-state index contributed by atoms with van der Waals surface area (Å²) in [7, 11) is 1.53. The van der Waals surface area contributed by atoms with Gasteiger partial charge in [0, 0.05) is 5.56 Å². The number of carbonyl (C=O) groups excluding carboxylic acids is 2. The Hall–Kier alpha value is -3.60. The molecule has 0 fully saturated rings. The standard InChI is InChI=1S/C24H23NO4/c1-16-13-14-21(28-3)20(15-16)25-23(26)22(18-10-5-4-6-11-18)29-24(27)19-12-8-7-9-17(19)2/h4-15,22H,1-3H3,(H,25,26)/t22-/m0/s1. The summed E-state index contributed by atoms with van der Waals surface area (Å²) in [5.41, 5.74) is 3.28. The van der Waals surface area contributed by atoms with Crippen LogP contribution < -0.4 is 10.1 Å². The predicted molar refractivity (Wildman–Crippen MR) is 112 cm³/mol. The van der Waals surface area contributed by atoms with Crippen molar-refractivity contribution in [3.8, 4) is 5.75 Å². The van der Waals surface area contributed by atoms with Gasteiger partial charge < -0.3 is 14.8 Å². The molecule has 0 aliphatic rings. The summed E-state index contributed by atoms with van der Waals surface area (Å²) < 4.78 is 11.0. The number of amides is 1. The number of anilines is 1. The van der Waals surface area contributed by atoms with Crippen molar-refractivity contribution < 1.29 is 19.1 Å². The van der Waals surface area contributed by atoms with E-state index in [4.69, 9.17) is 9.47 Å². The van der Waals surface area contributed by atoms with Crippen LogP contribution in [-0.4, -0.2) is 19.0 Å². The van der Waals surface area contributed by atoms with Crippen molar-refractivity contribution in [3.63, 3.8) is 0 Å². The first-order valence-corrected chi connectivity index (χ1v) is 9.26. The second-order valence-electron chi connectivity index (χ2n) is 6.70. The molecule has 1 N–H and O–H groups in total. The summed E-state index contributed by atoms with van der Waals surface area (Å²) >= 11 is 0. The molecular weight excluding hydrogens is 366 g/mol. The Labute approximate surface area is 170 Å². The largest absolute Gasteiger partial charge is 0.495 e. The maximum absolute atomic E-state index is 13.1. The van der Waals surface area contributed by atoms with Crippen molar-refractivity contribution in [2.24, 2.45) is 0 Å². The molecule has 5 heteroatoms. The third-order valence-corrected chi connectivity index (χ3v) is 4.54. The molecule has 0 saturated heterocycles. The van der Waals surface area contributed by atoms with Crippen LogP contribution in [0.25, 0.3) is 0 Å². The van der Waals surface area contributed by atoms with E-state index in [9.17, 15) is 9.59 Å². The Morgan fingerprint density at radius 1 is 0.897 bits per heavy atom. The second kappa shape index (κ2) is 9.06. The summed E-state index contributed by atoms with van der Waals surface area (Å²) in [6.07, 6.45) is -1.10. The smallest absolute Gasteiger partial charge is 0.339 e.